The zero-order valence-electron chi connectivity index (χ0n) is 10.4. The molecule has 0 aromatic heterocycles. The summed E-state index contributed by atoms with van der Waals surface area (Å²) in [5.74, 6) is -0.627. The Morgan fingerprint density at radius 2 is 2.16 bits per heavy atom. The number of aliphatic carboxylic acids is 1. The van der Waals surface area contributed by atoms with E-state index in [1.165, 1.54) is 7.11 Å². The highest BCUT2D eigenvalue weighted by Gasteiger charge is 2.19. The summed E-state index contributed by atoms with van der Waals surface area (Å²) in [5, 5.41) is 22.3. The molecule has 0 saturated carbocycles. The lowest BCUT2D eigenvalue weighted by Crippen LogP contribution is -2.43. The average molecular weight is 268 g/mol. The highest BCUT2D eigenvalue weighted by atomic mass is 16.5. The highest BCUT2D eigenvalue weighted by Crippen LogP contribution is 2.16. The molecule has 0 aliphatic heterocycles. The fourth-order valence-corrected chi connectivity index (χ4v) is 1.41. The molecule has 1 aromatic rings. The molecule has 19 heavy (non-hydrogen) atoms. The Morgan fingerprint density at radius 1 is 1.42 bits per heavy atom. The molecule has 1 atom stereocenters. The van der Waals surface area contributed by atoms with E-state index in [0.29, 0.717) is 11.4 Å². The fraction of sp³-hybridized carbons (Fsp3) is 0.333. The number of carbonyl (C=O) groups excluding carboxylic acids is 1. The van der Waals surface area contributed by atoms with Crippen LogP contribution < -0.4 is 15.4 Å². The van der Waals surface area contributed by atoms with Gasteiger partial charge in [-0.15, -0.1) is 0 Å². The van der Waals surface area contributed by atoms with Crippen molar-refractivity contribution in [3.05, 3.63) is 24.3 Å². The molecule has 0 heterocycles. The first-order valence-corrected chi connectivity index (χ1v) is 5.62. The van der Waals surface area contributed by atoms with E-state index in [0.717, 1.165) is 0 Å². The number of carbonyl (C=O) groups is 2. The van der Waals surface area contributed by atoms with Gasteiger partial charge < -0.3 is 25.6 Å². The summed E-state index contributed by atoms with van der Waals surface area (Å²) < 4.78 is 5.00. The minimum atomic E-state index is -1.20. The molecule has 0 saturated heterocycles. The topological polar surface area (TPSA) is 108 Å². The number of anilines is 1. The molecule has 2 amide bonds. The van der Waals surface area contributed by atoms with E-state index in [1.807, 2.05) is 0 Å². The molecule has 0 aliphatic carbocycles. The molecule has 0 aliphatic rings. The van der Waals surface area contributed by atoms with Crippen LogP contribution in [0.1, 0.15) is 6.42 Å². The van der Waals surface area contributed by atoms with Crippen LogP contribution in [0.25, 0.3) is 0 Å². The van der Waals surface area contributed by atoms with Crippen molar-refractivity contribution in [1.82, 2.24) is 5.32 Å². The average Bonchev–Trinajstić information content (AvgIpc) is 2.38. The molecule has 4 N–H and O–H groups in total. The molecule has 0 bridgehead atoms. The lowest BCUT2D eigenvalue weighted by molar-refractivity contribution is -0.139. The molecule has 7 heteroatoms. The number of hydrogen-bond acceptors (Lipinski definition) is 4. The van der Waals surface area contributed by atoms with Gasteiger partial charge in [-0.25, -0.2) is 9.59 Å². The Bertz CT molecular complexity index is 450. The number of aliphatic hydroxyl groups excluding tert-OH is 1. The van der Waals surface area contributed by atoms with Crippen LogP contribution in [-0.2, 0) is 4.79 Å². The van der Waals surface area contributed by atoms with Crippen molar-refractivity contribution >= 4 is 17.7 Å². The Kier molecular flexibility index (Phi) is 5.62. The van der Waals surface area contributed by atoms with E-state index in [-0.39, 0.29) is 13.0 Å². The Hall–Kier alpha value is -2.28. The first-order chi connectivity index (χ1) is 9.06. The molecular formula is C12H16N2O5. The first-order valence-electron chi connectivity index (χ1n) is 5.62. The summed E-state index contributed by atoms with van der Waals surface area (Å²) in [4.78, 5) is 22.4. The van der Waals surface area contributed by atoms with Crippen LogP contribution in [0, 0.1) is 0 Å². The standard InChI is InChI=1S/C12H16N2O5/c1-19-9-4-2-3-8(7-9)13-12(18)14-10(5-6-15)11(16)17/h2-4,7,10,15H,5-6H2,1H3,(H,16,17)(H2,13,14,18)/t10-/m1/s1. The number of rotatable bonds is 6. The van der Waals surface area contributed by atoms with Gasteiger partial charge in [-0.2, -0.15) is 0 Å². The van der Waals surface area contributed by atoms with Crippen LogP contribution >= 0.6 is 0 Å². The van der Waals surface area contributed by atoms with Gasteiger partial charge in [0.15, 0.2) is 0 Å². The van der Waals surface area contributed by atoms with Crippen LogP contribution in [0.2, 0.25) is 0 Å². The van der Waals surface area contributed by atoms with Gasteiger partial charge in [-0.1, -0.05) is 6.07 Å². The zero-order valence-corrected chi connectivity index (χ0v) is 10.4. The smallest absolute Gasteiger partial charge is 0.326 e. The van der Waals surface area contributed by atoms with Crippen LogP contribution in [0.3, 0.4) is 0 Å². The second-order valence-electron chi connectivity index (χ2n) is 3.73. The van der Waals surface area contributed by atoms with Crippen LogP contribution in [0.15, 0.2) is 24.3 Å². The van der Waals surface area contributed by atoms with Crippen molar-refractivity contribution in [2.24, 2.45) is 0 Å². The number of nitrogens with one attached hydrogen (secondary N) is 2. The lowest BCUT2D eigenvalue weighted by atomic mass is 10.2. The maximum absolute atomic E-state index is 11.6. The molecule has 0 radical (unpaired) electrons. The summed E-state index contributed by atoms with van der Waals surface area (Å²) >= 11 is 0. The van der Waals surface area contributed by atoms with E-state index in [1.54, 1.807) is 24.3 Å². The third-order valence-electron chi connectivity index (χ3n) is 2.35. The Balaban J connectivity index is 2.60. The summed E-state index contributed by atoms with van der Waals surface area (Å²) in [7, 11) is 1.50. The normalized spacial score (nSPS) is 11.5. The molecule has 1 aromatic carbocycles. The molecule has 7 nitrogen and oxygen atoms in total. The Morgan fingerprint density at radius 3 is 2.74 bits per heavy atom. The Labute approximate surface area is 110 Å². The summed E-state index contributed by atoms with van der Waals surface area (Å²) in [6, 6.07) is 4.86. The zero-order chi connectivity index (χ0) is 14.3. The van der Waals surface area contributed by atoms with Gasteiger partial charge in [0.25, 0.3) is 0 Å². The molecule has 1 rings (SSSR count). The molecular weight excluding hydrogens is 252 g/mol. The summed E-state index contributed by atoms with van der Waals surface area (Å²) in [6.07, 6.45) is -0.0547. The first kappa shape index (κ1) is 14.8. The molecule has 104 valence electrons. The maximum atomic E-state index is 11.6. The molecule has 0 spiro atoms. The number of carboxylic acids is 1. The lowest BCUT2D eigenvalue weighted by Gasteiger charge is -2.14. The maximum Gasteiger partial charge on any atom is 0.326 e. The minimum absolute atomic E-state index is 0.0547. The van der Waals surface area contributed by atoms with E-state index in [4.69, 9.17) is 14.9 Å². The van der Waals surface area contributed by atoms with Gasteiger partial charge in [0, 0.05) is 24.8 Å². The SMILES string of the molecule is COc1cccc(NC(=O)N[C@H](CCO)C(=O)O)c1. The second kappa shape index (κ2) is 7.22. The van der Waals surface area contributed by atoms with Crippen molar-refractivity contribution in [1.29, 1.82) is 0 Å². The van der Waals surface area contributed by atoms with E-state index in [2.05, 4.69) is 10.6 Å². The van der Waals surface area contributed by atoms with Crippen molar-refractivity contribution in [2.75, 3.05) is 19.0 Å². The predicted molar refractivity (Wildman–Crippen MR) is 68.3 cm³/mol. The molecule has 0 unspecified atom stereocenters. The highest BCUT2D eigenvalue weighted by molar-refractivity contribution is 5.92. The number of urea groups is 1. The second-order valence-corrected chi connectivity index (χ2v) is 3.73. The molecule has 0 fully saturated rings. The van der Waals surface area contributed by atoms with Crippen LogP contribution in [-0.4, -0.2) is 42.0 Å². The fourth-order valence-electron chi connectivity index (χ4n) is 1.41. The third kappa shape index (κ3) is 4.84. The van der Waals surface area contributed by atoms with E-state index >= 15 is 0 Å². The van der Waals surface area contributed by atoms with Gasteiger partial charge >= 0.3 is 12.0 Å². The number of hydrogen-bond donors (Lipinski definition) is 4. The largest absolute Gasteiger partial charge is 0.497 e. The van der Waals surface area contributed by atoms with Gasteiger partial charge in [0.1, 0.15) is 11.8 Å². The van der Waals surface area contributed by atoms with E-state index < -0.39 is 18.0 Å². The number of methoxy groups -OCH3 is 1. The van der Waals surface area contributed by atoms with Crippen molar-refractivity contribution in [2.45, 2.75) is 12.5 Å². The summed E-state index contributed by atoms with van der Waals surface area (Å²) in [6.45, 7) is -0.323. The number of aliphatic hydroxyl groups is 1. The van der Waals surface area contributed by atoms with Gasteiger partial charge in [-0.05, 0) is 12.1 Å². The van der Waals surface area contributed by atoms with Gasteiger partial charge in [0.05, 0.1) is 7.11 Å². The van der Waals surface area contributed by atoms with E-state index in [9.17, 15) is 9.59 Å². The van der Waals surface area contributed by atoms with Gasteiger partial charge in [0.2, 0.25) is 0 Å². The van der Waals surface area contributed by atoms with Gasteiger partial charge in [-0.3, -0.25) is 0 Å². The quantitative estimate of drug-likeness (QED) is 0.606. The predicted octanol–water partition coefficient (Wildman–Crippen LogP) is 0.652. The van der Waals surface area contributed by atoms with Crippen molar-refractivity contribution in [3.8, 4) is 5.75 Å². The van der Waals surface area contributed by atoms with Crippen molar-refractivity contribution in [3.63, 3.8) is 0 Å². The van der Waals surface area contributed by atoms with Crippen molar-refractivity contribution < 1.29 is 24.5 Å². The third-order valence-corrected chi connectivity index (χ3v) is 2.35. The number of benzene rings is 1. The number of amides is 2. The monoisotopic (exact) mass is 268 g/mol. The van der Waals surface area contributed by atoms with Crippen LogP contribution in [0.4, 0.5) is 10.5 Å². The number of ether oxygens (including phenoxy) is 1. The minimum Gasteiger partial charge on any atom is -0.497 e. The number of carboxylic acid groups (broad SMARTS) is 1. The summed E-state index contributed by atoms with van der Waals surface area (Å²) in [5.41, 5.74) is 0.477. The van der Waals surface area contributed by atoms with Crippen LogP contribution in [0.5, 0.6) is 5.75 Å².